The molecule has 0 aliphatic carbocycles. The summed E-state index contributed by atoms with van der Waals surface area (Å²) in [5, 5.41) is 1.98. The molecule has 0 saturated heterocycles. The van der Waals surface area contributed by atoms with Crippen molar-refractivity contribution in [2.75, 3.05) is 0 Å². The van der Waals surface area contributed by atoms with E-state index >= 15 is 0 Å². The summed E-state index contributed by atoms with van der Waals surface area (Å²) in [7, 11) is 0. The second kappa shape index (κ2) is 4.71. The van der Waals surface area contributed by atoms with Crippen LogP contribution in [0, 0.1) is 0 Å². The van der Waals surface area contributed by atoms with Crippen molar-refractivity contribution < 1.29 is 35.7 Å². The predicted octanol–water partition coefficient (Wildman–Crippen LogP) is 4.74. The molecule has 0 atom stereocenters. The van der Waals surface area contributed by atoms with Gasteiger partial charge in [0.1, 0.15) is 0 Å². The van der Waals surface area contributed by atoms with Gasteiger partial charge in [0, 0.05) is 10.9 Å². The van der Waals surface area contributed by atoms with Crippen LogP contribution in [-0.2, 0) is 6.18 Å². The lowest BCUT2D eigenvalue weighted by atomic mass is 9.97. The smallest absolute Gasteiger partial charge is 0.355 e. The van der Waals surface area contributed by atoms with Crippen LogP contribution >= 0.6 is 0 Å². The number of aromatic nitrogens is 1. The van der Waals surface area contributed by atoms with Gasteiger partial charge in [-0.3, -0.25) is 4.79 Å². The molecule has 2 aromatic carbocycles. The van der Waals surface area contributed by atoms with Gasteiger partial charge in [0.05, 0.1) is 5.39 Å². The van der Waals surface area contributed by atoms with E-state index < -0.39 is 34.8 Å². The van der Waals surface area contributed by atoms with Gasteiger partial charge in [-0.25, -0.2) is 0 Å². The first-order chi connectivity index (χ1) is 10.6. The summed E-state index contributed by atoms with van der Waals surface area (Å²) in [6, 6.07) is 5.74. The molecule has 3 nitrogen and oxygen atoms in total. The fourth-order valence-corrected chi connectivity index (χ4v) is 2.31. The number of carbonyl (C=O) groups is 1. The molecular weight excluding hydrogens is 328 g/mol. The molecule has 1 heterocycles. The van der Waals surface area contributed by atoms with E-state index in [-0.39, 0.29) is 16.4 Å². The maximum absolute atomic E-state index is 12.9. The van der Waals surface area contributed by atoms with Gasteiger partial charge >= 0.3 is 12.4 Å². The Balaban J connectivity index is 2.45. The molecule has 0 saturated carbocycles. The average Bonchev–Trinajstić information content (AvgIpc) is 2.88. The van der Waals surface area contributed by atoms with Crippen molar-refractivity contribution >= 4 is 27.5 Å². The summed E-state index contributed by atoms with van der Waals surface area (Å²) in [5.41, 5.74) is -2.68. The summed E-state index contributed by atoms with van der Waals surface area (Å²) >= 11 is 0. The number of hydrogen-bond acceptors (Lipinski definition) is 3. The van der Waals surface area contributed by atoms with Crippen LogP contribution in [0.15, 0.2) is 34.9 Å². The van der Waals surface area contributed by atoms with Gasteiger partial charge in [0.2, 0.25) is 0 Å². The van der Waals surface area contributed by atoms with E-state index in [1.807, 2.05) is 0 Å². The highest BCUT2D eigenvalue weighted by molar-refractivity contribution is 6.17. The zero-order valence-electron chi connectivity index (χ0n) is 10.9. The molecule has 0 spiro atoms. The summed E-state index contributed by atoms with van der Waals surface area (Å²) in [5.74, 6) is -2.23. The second-order valence-corrected chi connectivity index (χ2v) is 4.70. The fourth-order valence-electron chi connectivity index (χ4n) is 2.31. The minimum Gasteiger partial charge on any atom is -0.355 e. The van der Waals surface area contributed by atoms with Crippen LogP contribution in [-0.4, -0.2) is 17.1 Å². The number of halogens is 6. The molecule has 120 valence electrons. The second-order valence-electron chi connectivity index (χ2n) is 4.70. The Morgan fingerprint density at radius 1 is 0.957 bits per heavy atom. The number of hydrogen-bond donors (Lipinski definition) is 0. The monoisotopic (exact) mass is 333 g/mol. The highest BCUT2D eigenvalue weighted by Crippen LogP contribution is 2.39. The highest BCUT2D eigenvalue weighted by atomic mass is 19.4. The zero-order valence-corrected chi connectivity index (χ0v) is 10.9. The van der Waals surface area contributed by atoms with Crippen molar-refractivity contribution in [2.45, 2.75) is 12.4 Å². The van der Waals surface area contributed by atoms with E-state index in [2.05, 4.69) is 9.68 Å². The first-order valence-corrected chi connectivity index (χ1v) is 6.10. The lowest BCUT2D eigenvalue weighted by Crippen LogP contribution is -2.23. The molecule has 0 fully saturated rings. The van der Waals surface area contributed by atoms with E-state index in [9.17, 15) is 31.1 Å². The SMILES string of the molecule is O=C(c1cc2c(C(F)(F)F)noc2c2ccccc12)C(F)(F)F. The maximum atomic E-state index is 12.9. The van der Waals surface area contributed by atoms with E-state index in [4.69, 9.17) is 0 Å². The molecule has 0 radical (unpaired) electrons. The fraction of sp³-hybridized carbons (Fsp3) is 0.143. The molecular formula is C14H5F6NO2. The number of carbonyl (C=O) groups excluding carboxylic acids is 1. The number of alkyl halides is 6. The molecule has 3 rings (SSSR count). The average molecular weight is 333 g/mol. The Kier molecular flexibility index (Phi) is 3.13. The third-order valence-electron chi connectivity index (χ3n) is 3.25. The Morgan fingerprint density at radius 3 is 2.13 bits per heavy atom. The van der Waals surface area contributed by atoms with Crippen molar-refractivity contribution in [1.29, 1.82) is 0 Å². The van der Waals surface area contributed by atoms with Crippen LogP contribution in [0.5, 0.6) is 0 Å². The van der Waals surface area contributed by atoms with E-state index in [0.717, 1.165) is 0 Å². The summed E-state index contributed by atoms with van der Waals surface area (Å²) in [6.45, 7) is 0. The summed E-state index contributed by atoms with van der Waals surface area (Å²) < 4.78 is 81.4. The number of nitrogens with zero attached hydrogens (tertiary/aromatic N) is 1. The molecule has 0 bridgehead atoms. The molecule has 23 heavy (non-hydrogen) atoms. The van der Waals surface area contributed by atoms with Crippen LogP contribution in [0.25, 0.3) is 21.7 Å². The lowest BCUT2D eigenvalue weighted by Gasteiger charge is -2.09. The van der Waals surface area contributed by atoms with Gasteiger partial charge in [0.25, 0.3) is 5.78 Å². The van der Waals surface area contributed by atoms with E-state index in [1.54, 1.807) is 0 Å². The molecule has 0 amide bonds. The Morgan fingerprint density at radius 2 is 1.57 bits per heavy atom. The normalized spacial score (nSPS) is 13.0. The standard InChI is InChI=1S/C14H5F6NO2/c15-13(16,17)11-9-5-8(12(22)14(18,19)20)6-3-1-2-4-7(6)10(9)23-21-11/h1-5H. The van der Waals surface area contributed by atoms with E-state index in [1.165, 1.54) is 24.3 Å². The number of fused-ring (bicyclic) bond motifs is 3. The largest absolute Gasteiger partial charge is 0.454 e. The van der Waals surface area contributed by atoms with Gasteiger partial charge in [-0.1, -0.05) is 29.4 Å². The van der Waals surface area contributed by atoms with E-state index in [0.29, 0.717) is 6.07 Å². The number of ketones is 1. The lowest BCUT2D eigenvalue weighted by molar-refractivity contribution is -0.141. The van der Waals surface area contributed by atoms with Crippen LogP contribution in [0.3, 0.4) is 0 Å². The van der Waals surface area contributed by atoms with Crippen LogP contribution in [0.4, 0.5) is 26.3 Å². The number of benzene rings is 2. The Labute approximate surface area is 123 Å². The third-order valence-corrected chi connectivity index (χ3v) is 3.25. The molecule has 3 aromatic rings. The molecule has 0 aliphatic heterocycles. The van der Waals surface area contributed by atoms with Crippen LogP contribution in [0.2, 0.25) is 0 Å². The molecule has 0 unspecified atom stereocenters. The molecule has 0 aliphatic rings. The van der Waals surface area contributed by atoms with Crippen molar-refractivity contribution in [3.63, 3.8) is 0 Å². The van der Waals surface area contributed by atoms with Gasteiger partial charge in [0.15, 0.2) is 11.3 Å². The maximum Gasteiger partial charge on any atom is 0.454 e. The molecule has 1 aromatic heterocycles. The Bertz CT molecular complexity index is 923. The highest BCUT2D eigenvalue weighted by Gasteiger charge is 2.42. The topological polar surface area (TPSA) is 43.1 Å². The number of Topliss-reactive ketones (excluding diaryl/α,β-unsaturated/α-hetero) is 1. The van der Waals surface area contributed by atoms with Gasteiger partial charge in [-0.2, -0.15) is 26.3 Å². The predicted molar refractivity (Wildman–Crippen MR) is 66.9 cm³/mol. The summed E-state index contributed by atoms with van der Waals surface area (Å²) in [6.07, 6.45) is -10.1. The summed E-state index contributed by atoms with van der Waals surface area (Å²) in [4.78, 5) is 11.5. The minimum atomic E-state index is -5.22. The van der Waals surface area contributed by atoms with Gasteiger partial charge < -0.3 is 4.52 Å². The van der Waals surface area contributed by atoms with Crippen LogP contribution in [0.1, 0.15) is 16.1 Å². The Hall–Kier alpha value is -2.58. The first-order valence-electron chi connectivity index (χ1n) is 6.10. The number of rotatable bonds is 1. The van der Waals surface area contributed by atoms with Crippen molar-refractivity contribution in [3.8, 4) is 0 Å². The molecule has 0 N–H and O–H groups in total. The van der Waals surface area contributed by atoms with Crippen LogP contribution < -0.4 is 0 Å². The third kappa shape index (κ3) is 2.41. The van der Waals surface area contributed by atoms with Crippen molar-refractivity contribution in [3.05, 3.63) is 41.6 Å². The first kappa shape index (κ1) is 15.3. The van der Waals surface area contributed by atoms with Gasteiger partial charge in [-0.15, -0.1) is 0 Å². The van der Waals surface area contributed by atoms with Gasteiger partial charge in [-0.05, 0) is 11.5 Å². The van der Waals surface area contributed by atoms with Crippen molar-refractivity contribution in [1.82, 2.24) is 5.16 Å². The zero-order chi connectivity index (χ0) is 17.0. The minimum absolute atomic E-state index is 0.0550. The quantitative estimate of drug-likeness (QED) is 0.477. The molecule has 9 heteroatoms. The van der Waals surface area contributed by atoms with Crippen molar-refractivity contribution in [2.24, 2.45) is 0 Å².